The Morgan fingerprint density at radius 2 is 2.17 bits per heavy atom. The molecule has 5 heteroatoms. The molecule has 18 heavy (non-hydrogen) atoms. The van der Waals surface area contributed by atoms with Crippen LogP contribution in [0, 0.1) is 0 Å². The van der Waals surface area contributed by atoms with Crippen molar-refractivity contribution in [2.24, 2.45) is 0 Å². The van der Waals surface area contributed by atoms with Crippen LogP contribution in [-0.2, 0) is 16.0 Å². The lowest BCUT2D eigenvalue weighted by atomic mass is 10.1. The van der Waals surface area contributed by atoms with E-state index in [4.69, 9.17) is 5.11 Å². The molecule has 1 atom stereocenters. The molecule has 1 aromatic carbocycles. The molecule has 1 aliphatic heterocycles. The van der Waals surface area contributed by atoms with Crippen molar-refractivity contribution in [2.75, 3.05) is 18.4 Å². The molecule has 0 fully saturated rings. The van der Waals surface area contributed by atoms with Gasteiger partial charge in [0.05, 0.1) is 0 Å². The van der Waals surface area contributed by atoms with Crippen LogP contribution in [0.5, 0.6) is 0 Å². The second-order valence-electron chi connectivity index (χ2n) is 4.30. The Morgan fingerprint density at radius 3 is 2.78 bits per heavy atom. The molecule has 1 heterocycles. The number of hydrogen-bond acceptors (Lipinski definition) is 3. The van der Waals surface area contributed by atoms with Gasteiger partial charge in [-0.3, -0.25) is 9.59 Å². The molecule has 0 aromatic heterocycles. The van der Waals surface area contributed by atoms with Crippen molar-refractivity contribution in [3.05, 3.63) is 29.8 Å². The van der Waals surface area contributed by atoms with Crippen molar-refractivity contribution in [3.8, 4) is 0 Å². The third kappa shape index (κ3) is 2.45. The third-order valence-corrected chi connectivity index (χ3v) is 3.09. The number of carbonyl (C=O) groups is 2. The normalized spacial score (nSPS) is 16.8. The van der Waals surface area contributed by atoms with Gasteiger partial charge in [0.25, 0.3) is 0 Å². The first kappa shape index (κ1) is 12.4. The van der Waals surface area contributed by atoms with Gasteiger partial charge in [-0.1, -0.05) is 18.2 Å². The number of nitrogens with zero attached hydrogens (tertiary/aromatic N) is 1. The quantitative estimate of drug-likeness (QED) is 0.832. The van der Waals surface area contributed by atoms with Crippen molar-refractivity contribution in [2.45, 2.75) is 19.4 Å². The number of nitrogens with one attached hydrogen (secondary N) is 1. The molecule has 1 aliphatic rings. The molecular formula is C13H16N2O3. The predicted octanol–water partition coefficient (Wildman–Crippen LogP) is 0.956. The first-order chi connectivity index (χ1) is 8.61. The number of carbonyl (C=O) groups excluding carboxylic acids is 1. The van der Waals surface area contributed by atoms with Crippen LogP contribution < -0.4 is 5.32 Å². The summed E-state index contributed by atoms with van der Waals surface area (Å²) in [6.07, 6.45) is 0.616. The van der Waals surface area contributed by atoms with Gasteiger partial charge in [0.15, 0.2) is 0 Å². The van der Waals surface area contributed by atoms with Gasteiger partial charge in [-0.2, -0.15) is 0 Å². The number of benzene rings is 1. The van der Waals surface area contributed by atoms with E-state index < -0.39 is 5.97 Å². The minimum atomic E-state index is -0.985. The summed E-state index contributed by atoms with van der Waals surface area (Å²) < 4.78 is 0. The Labute approximate surface area is 105 Å². The Bertz CT molecular complexity index is 448. The van der Waals surface area contributed by atoms with Gasteiger partial charge in [-0.05, 0) is 18.6 Å². The first-order valence-corrected chi connectivity index (χ1v) is 5.97. The summed E-state index contributed by atoms with van der Waals surface area (Å²) in [6.45, 7) is 1.94. The van der Waals surface area contributed by atoms with Gasteiger partial charge in [-0.25, -0.2) is 0 Å². The summed E-state index contributed by atoms with van der Waals surface area (Å²) in [5.41, 5.74) is 2.06. The molecule has 0 radical (unpaired) electrons. The average molecular weight is 248 g/mol. The third-order valence-electron chi connectivity index (χ3n) is 3.09. The summed E-state index contributed by atoms with van der Waals surface area (Å²) in [5, 5.41) is 11.9. The minimum absolute atomic E-state index is 0.156. The molecule has 0 saturated heterocycles. The van der Waals surface area contributed by atoms with Gasteiger partial charge >= 0.3 is 5.97 Å². The Morgan fingerprint density at radius 1 is 1.44 bits per heavy atom. The molecule has 0 spiro atoms. The van der Waals surface area contributed by atoms with Crippen LogP contribution >= 0.6 is 0 Å². The fraction of sp³-hybridized carbons (Fsp3) is 0.385. The number of para-hydroxylation sites is 1. The molecule has 2 N–H and O–H groups in total. The van der Waals surface area contributed by atoms with Gasteiger partial charge in [0, 0.05) is 18.7 Å². The second-order valence-corrected chi connectivity index (χ2v) is 4.30. The molecule has 1 aromatic rings. The maximum Gasteiger partial charge on any atom is 0.323 e. The van der Waals surface area contributed by atoms with Crippen molar-refractivity contribution in [1.82, 2.24) is 4.90 Å². The maximum atomic E-state index is 12.2. The number of rotatable bonds is 4. The molecule has 0 bridgehead atoms. The van der Waals surface area contributed by atoms with E-state index in [1.807, 2.05) is 24.3 Å². The van der Waals surface area contributed by atoms with Crippen LogP contribution in [0.2, 0.25) is 0 Å². The minimum Gasteiger partial charge on any atom is -0.480 e. The first-order valence-electron chi connectivity index (χ1n) is 5.97. The topological polar surface area (TPSA) is 69.6 Å². The summed E-state index contributed by atoms with van der Waals surface area (Å²) in [5.74, 6) is -1.14. The molecule has 0 unspecified atom stereocenters. The van der Waals surface area contributed by atoms with Crippen LogP contribution in [0.4, 0.5) is 5.69 Å². The van der Waals surface area contributed by atoms with Crippen LogP contribution in [0.25, 0.3) is 0 Å². The van der Waals surface area contributed by atoms with Gasteiger partial charge in [0.2, 0.25) is 5.91 Å². The number of carboxylic acids is 1. The fourth-order valence-corrected chi connectivity index (χ4v) is 2.18. The lowest BCUT2D eigenvalue weighted by molar-refractivity contribution is -0.144. The zero-order valence-corrected chi connectivity index (χ0v) is 10.2. The lowest BCUT2D eigenvalue weighted by Gasteiger charge is -2.22. The highest BCUT2D eigenvalue weighted by Crippen LogP contribution is 2.25. The molecule has 0 saturated carbocycles. The van der Waals surface area contributed by atoms with E-state index in [0.717, 1.165) is 11.3 Å². The molecule has 5 nitrogen and oxygen atoms in total. The van der Waals surface area contributed by atoms with E-state index in [9.17, 15) is 9.59 Å². The predicted molar refractivity (Wildman–Crippen MR) is 67.4 cm³/mol. The van der Waals surface area contributed by atoms with Crippen LogP contribution in [0.1, 0.15) is 12.5 Å². The highest BCUT2D eigenvalue weighted by Gasteiger charge is 2.30. The van der Waals surface area contributed by atoms with Gasteiger partial charge < -0.3 is 15.3 Å². The summed E-state index contributed by atoms with van der Waals surface area (Å²) in [6, 6.07) is 7.40. The highest BCUT2D eigenvalue weighted by atomic mass is 16.4. The van der Waals surface area contributed by atoms with Crippen molar-refractivity contribution >= 4 is 17.6 Å². The number of anilines is 1. The number of hydrogen-bond donors (Lipinski definition) is 2. The molecule has 1 amide bonds. The standard InChI is InChI=1S/C13H16N2O3/c1-2-15(8-12(16)17)13(18)11-7-9-5-3-4-6-10(9)14-11/h3-6,11,14H,2,7-8H2,1H3,(H,16,17)/t11-/m0/s1. The number of aliphatic carboxylic acids is 1. The van der Waals surface area contributed by atoms with E-state index in [1.54, 1.807) is 6.92 Å². The molecule has 0 aliphatic carbocycles. The monoisotopic (exact) mass is 248 g/mol. The van der Waals surface area contributed by atoms with Gasteiger partial charge in [0.1, 0.15) is 12.6 Å². The van der Waals surface area contributed by atoms with Crippen molar-refractivity contribution in [1.29, 1.82) is 0 Å². The zero-order chi connectivity index (χ0) is 13.1. The average Bonchev–Trinajstić information content (AvgIpc) is 2.78. The summed E-state index contributed by atoms with van der Waals surface area (Å²) in [4.78, 5) is 24.2. The summed E-state index contributed by atoms with van der Waals surface area (Å²) >= 11 is 0. The SMILES string of the molecule is CCN(CC(=O)O)C(=O)[C@@H]1Cc2ccccc2N1. The molecular weight excluding hydrogens is 232 g/mol. The van der Waals surface area contributed by atoms with Crippen LogP contribution in [0.15, 0.2) is 24.3 Å². The second kappa shape index (κ2) is 5.08. The Kier molecular flexibility index (Phi) is 3.50. The number of likely N-dealkylation sites (N-methyl/N-ethyl adjacent to an activating group) is 1. The fourth-order valence-electron chi connectivity index (χ4n) is 2.18. The van der Waals surface area contributed by atoms with E-state index in [2.05, 4.69) is 5.32 Å². The largest absolute Gasteiger partial charge is 0.480 e. The summed E-state index contributed by atoms with van der Waals surface area (Å²) in [7, 11) is 0. The molecule has 96 valence electrons. The lowest BCUT2D eigenvalue weighted by Crippen LogP contribution is -2.44. The van der Waals surface area contributed by atoms with E-state index in [1.165, 1.54) is 4.90 Å². The number of carboxylic acid groups (broad SMARTS) is 1. The highest BCUT2D eigenvalue weighted by molar-refractivity contribution is 5.89. The van der Waals surface area contributed by atoms with Crippen molar-refractivity contribution in [3.63, 3.8) is 0 Å². The number of fused-ring (bicyclic) bond motifs is 1. The maximum absolute atomic E-state index is 12.2. The Balaban J connectivity index is 2.06. The van der Waals surface area contributed by atoms with E-state index in [-0.39, 0.29) is 18.5 Å². The van der Waals surface area contributed by atoms with Crippen LogP contribution in [0.3, 0.4) is 0 Å². The smallest absolute Gasteiger partial charge is 0.323 e. The Hall–Kier alpha value is -2.04. The number of amides is 1. The van der Waals surface area contributed by atoms with E-state index in [0.29, 0.717) is 13.0 Å². The molecule has 2 rings (SSSR count). The zero-order valence-electron chi connectivity index (χ0n) is 10.2. The van der Waals surface area contributed by atoms with E-state index >= 15 is 0 Å². The van der Waals surface area contributed by atoms with Crippen LogP contribution in [-0.4, -0.2) is 41.0 Å². The van der Waals surface area contributed by atoms with Gasteiger partial charge in [-0.15, -0.1) is 0 Å². The van der Waals surface area contributed by atoms with Crippen molar-refractivity contribution < 1.29 is 14.7 Å².